The summed E-state index contributed by atoms with van der Waals surface area (Å²) in [7, 11) is 1.51. The number of nitrogens with zero attached hydrogens (tertiary/aromatic N) is 1. The van der Waals surface area contributed by atoms with Crippen LogP contribution < -0.4 is 9.84 Å². The maximum Gasteiger partial charge on any atom is 0.220 e. The van der Waals surface area contributed by atoms with Gasteiger partial charge in [-0.2, -0.15) is 0 Å². The molecule has 0 N–H and O–H groups in total. The van der Waals surface area contributed by atoms with Crippen molar-refractivity contribution in [2.75, 3.05) is 13.7 Å². The number of carboxylic acids is 1. The van der Waals surface area contributed by atoms with Crippen molar-refractivity contribution in [3.05, 3.63) is 69.8 Å². The van der Waals surface area contributed by atoms with Gasteiger partial charge >= 0.3 is 0 Å². The lowest BCUT2D eigenvalue weighted by Gasteiger charge is -2.16. The number of carbonyl (C=O) groups is 1. The Kier molecular flexibility index (Phi) is 5.59. The second kappa shape index (κ2) is 7.64. The highest BCUT2D eigenvalue weighted by Gasteiger charge is 2.21. The molecule has 0 aromatic heterocycles. The lowest BCUT2D eigenvalue weighted by Crippen LogP contribution is -2.23. The molecule has 120 valence electrons. The molecule has 1 atom stereocenters. The topological polar surface area (TPSA) is 92.5 Å². The molecule has 2 aromatic carbocycles. The Morgan fingerprint density at radius 3 is 2.65 bits per heavy atom. The van der Waals surface area contributed by atoms with Crippen LogP contribution in [0.3, 0.4) is 0 Å². The highest BCUT2D eigenvalue weighted by molar-refractivity contribution is 7.99. The van der Waals surface area contributed by atoms with Crippen LogP contribution in [-0.2, 0) is 0 Å². The molecule has 7 heteroatoms. The molecule has 0 aliphatic rings. The van der Waals surface area contributed by atoms with Gasteiger partial charge in [0, 0.05) is 15.4 Å². The van der Waals surface area contributed by atoms with Gasteiger partial charge in [-0.1, -0.05) is 30.3 Å². The molecule has 0 saturated carbocycles. The lowest BCUT2D eigenvalue weighted by atomic mass is 10.1. The fourth-order valence-corrected chi connectivity index (χ4v) is 3.30. The van der Waals surface area contributed by atoms with E-state index in [0.717, 1.165) is 11.8 Å². The normalized spacial score (nSPS) is 11.7. The van der Waals surface area contributed by atoms with E-state index in [1.807, 2.05) is 0 Å². The van der Waals surface area contributed by atoms with Crippen molar-refractivity contribution in [1.82, 2.24) is 0 Å². The van der Waals surface area contributed by atoms with Gasteiger partial charge in [0.05, 0.1) is 18.3 Å². The van der Waals surface area contributed by atoms with Crippen molar-refractivity contribution < 1.29 is 19.6 Å². The Balaban J connectivity index is 2.36. The first-order chi connectivity index (χ1) is 11.0. The van der Waals surface area contributed by atoms with E-state index in [0.29, 0.717) is 16.2 Å². The fraction of sp³-hybridized carbons (Fsp3) is 0.188. The number of carboxylic acid groups (broad SMARTS) is 1. The van der Waals surface area contributed by atoms with Crippen LogP contribution in [0.2, 0.25) is 0 Å². The standard InChI is InChI=1S/C16H15NO5S/c1-22-12-6-4-5-11(9-12)15(10-17(20)21)23-14-8-3-2-7-13(14)16(18)19/h2-9,15H,10H2,1H3,(H,18,19)/p-1. The maximum absolute atomic E-state index is 11.2. The zero-order valence-corrected chi connectivity index (χ0v) is 13.1. The third kappa shape index (κ3) is 4.46. The summed E-state index contributed by atoms with van der Waals surface area (Å²) in [6.45, 7) is -0.334. The summed E-state index contributed by atoms with van der Waals surface area (Å²) in [6, 6.07) is 13.3. The number of carbonyl (C=O) groups excluding carboxylic acids is 1. The predicted molar refractivity (Wildman–Crippen MR) is 84.2 cm³/mol. The number of hydrogen-bond acceptors (Lipinski definition) is 6. The molecule has 0 aliphatic carbocycles. The van der Waals surface area contributed by atoms with Crippen molar-refractivity contribution in [2.24, 2.45) is 0 Å². The summed E-state index contributed by atoms with van der Waals surface area (Å²) in [5.74, 6) is -0.719. The molecule has 0 bridgehead atoms. The van der Waals surface area contributed by atoms with E-state index in [2.05, 4.69) is 0 Å². The van der Waals surface area contributed by atoms with Crippen LogP contribution in [0.25, 0.3) is 0 Å². The summed E-state index contributed by atoms with van der Waals surface area (Å²) < 4.78 is 5.14. The first kappa shape index (κ1) is 16.8. The van der Waals surface area contributed by atoms with Crippen LogP contribution in [0.5, 0.6) is 5.75 Å². The summed E-state index contributed by atoms with van der Waals surface area (Å²) in [5.41, 5.74) is 0.716. The van der Waals surface area contributed by atoms with Gasteiger partial charge in [-0.25, -0.2) is 0 Å². The van der Waals surface area contributed by atoms with Gasteiger partial charge in [-0.3, -0.25) is 10.1 Å². The Morgan fingerprint density at radius 2 is 2.00 bits per heavy atom. The molecule has 1 unspecified atom stereocenters. The summed E-state index contributed by atoms with van der Waals surface area (Å²) in [5, 5.41) is 21.6. The summed E-state index contributed by atoms with van der Waals surface area (Å²) in [6.07, 6.45) is 0. The third-order valence-electron chi connectivity index (χ3n) is 3.16. The predicted octanol–water partition coefficient (Wildman–Crippen LogP) is 2.17. The maximum atomic E-state index is 11.2. The minimum atomic E-state index is -1.31. The van der Waals surface area contributed by atoms with Gasteiger partial charge < -0.3 is 14.6 Å². The molecule has 0 fully saturated rings. The van der Waals surface area contributed by atoms with E-state index in [1.165, 1.54) is 13.2 Å². The van der Waals surface area contributed by atoms with E-state index in [1.54, 1.807) is 42.5 Å². The van der Waals surface area contributed by atoms with Crippen molar-refractivity contribution in [3.63, 3.8) is 0 Å². The summed E-state index contributed by atoms with van der Waals surface area (Å²) >= 11 is 1.13. The molecule has 2 rings (SSSR count). The first-order valence-corrected chi connectivity index (χ1v) is 7.62. The van der Waals surface area contributed by atoms with Crippen molar-refractivity contribution in [3.8, 4) is 5.75 Å². The first-order valence-electron chi connectivity index (χ1n) is 6.74. The average molecular weight is 332 g/mol. The Labute approximate surface area is 137 Å². The molecule has 23 heavy (non-hydrogen) atoms. The van der Waals surface area contributed by atoms with Gasteiger partial charge in [0.25, 0.3) is 0 Å². The molecule has 0 amide bonds. The Hall–Kier alpha value is -2.54. The van der Waals surface area contributed by atoms with Gasteiger partial charge in [0.2, 0.25) is 6.54 Å². The van der Waals surface area contributed by atoms with Crippen LogP contribution >= 0.6 is 11.8 Å². The van der Waals surface area contributed by atoms with Crippen LogP contribution in [0.15, 0.2) is 53.4 Å². The van der Waals surface area contributed by atoms with E-state index in [9.17, 15) is 20.0 Å². The number of ether oxygens (including phenoxy) is 1. The number of thioether (sulfide) groups is 1. The average Bonchev–Trinajstić information content (AvgIpc) is 2.54. The Bertz CT molecular complexity index is 719. The van der Waals surface area contributed by atoms with Crippen molar-refractivity contribution in [2.45, 2.75) is 10.1 Å². The number of benzene rings is 2. The van der Waals surface area contributed by atoms with E-state index < -0.39 is 16.1 Å². The smallest absolute Gasteiger partial charge is 0.220 e. The molecular formula is C16H14NO5S-. The molecule has 0 radical (unpaired) electrons. The van der Waals surface area contributed by atoms with Gasteiger partial charge in [-0.15, -0.1) is 11.8 Å². The molecule has 0 saturated heterocycles. The molecule has 0 spiro atoms. The molecular weight excluding hydrogens is 318 g/mol. The van der Waals surface area contributed by atoms with Crippen LogP contribution in [0.1, 0.15) is 21.2 Å². The minimum Gasteiger partial charge on any atom is -0.545 e. The van der Waals surface area contributed by atoms with Crippen LogP contribution in [-0.4, -0.2) is 24.5 Å². The zero-order chi connectivity index (χ0) is 16.8. The highest BCUT2D eigenvalue weighted by atomic mass is 32.2. The number of hydrogen-bond donors (Lipinski definition) is 0. The van der Waals surface area contributed by atoms with Gasteiger partial charge in [0.1, 0.15) is 5.75 Å². The quantitative estimate of drug-likeness (QED) is 0.438. The molecule has 0 aliphatic heterocycles. The SMILES string of the molecule is COc1cccc(C(C[N+](=O)[O-])Sc2ccccc2C(=O)[O-])c1. The second-order valence-electron chi connectivity index (χ2n) is 4.68. The summed E-state index contributed by atoms with van der Waals surface area (Å²) in [4.78, 5) is 22.2. The fourth-order valence-electron chi connectivity index (χ4n) is 2.08. The number of nitro groups is 1. The van der Waals surface area contributed by atoms with Crippen LogP contribution in [0.4, 0.5) is 0 Å². The van der Waals surface area contributed by atoms with Gasteiger partial charge in [-0.05, 0) is 23.8 Å². The number of aromatic carboxylic acids is 1. The van der Waals surface area contributed by atoms with Crippen molar-refractivity contribution in [1.29, 1.82) is 0 Å². The third-order valence-corrected chi connectivity index (χ3v) is 4.47. The van der Waals surface area contributed by atoms with Gasteiger partial charge in [0.15, 0.2) is 0 Å². The lowest BCUT2D eigenvalue weighted by molar-refractivity contribution is -0.479. The van der Waals surface area contributed by atoms with Crippen molar-refractivity contribution >= 4 is 17.7 Å². The monoisotopic (exact) mass is 332 g/mol. The number of rotatable bonds is 7. The van der Waals surface area contributed by atoms with E-state index >= 15 is 0 Å². The highest BCUT2D eigenvalue weighted by Crippen LogP contribution is 2.38. The zero-order valence-electron chi connectivity index (χ0n) is 12.3. The molecule has 0 heterocycles. The Morgan fingerprint density at radius 1 is 1.26 bits per heavy atom. The van der Waals surface area contributed by atoms with E-state index in [-0.39, 0.29) is 12.1 Å². The molecule has 6 nitrogen and oxygen atoms in total. The molecule has 2 aromatic rings. The second-order valence-corrected chi connectivity index (χ2v) is 5.93. The number of methoxy groups -OCH3 is 1. The minimum absolute atomic E-state index is 0.0220. The largest absolute Gasteiger partial charge is 0.545 e. The van der Waals surface area contributed by atoms with E-state index in [4.69, 9.17) is 4.74 Å². The van der Waals surface area contributed by atoms with Crippen LogP contribution in [0, 0.1) is 10.1 Å².